The zero-order valence-corrected chi connectivity index (χ0v) is 42.3. The molecule has 14 rings (SSSR count). The van der Waals surface area contributed by atoms with Crippen molar-refractivity contribution in [2.24, 2.45) is 0 Å². The molecule has 0 radical (unpaired) electrons. The first-order chi connectivity index (χ1) is 35.5. The van der Waals surface area contributed by atoms with Gasteiger partial charge in [-0.25, -0.2) is 0 Å². The molecule has 12 aromatic rings. The van der Waals surface area contributed by atoms with Crippen LogP contribution in [-0.2, 0) is 0 Å². The summed E-state index contributed by atoms with van der Waals surface area (Å²) in [6, 6.07) is 100. The predicted octanol–water partition coefficient (Wildman–Crippen LogP) is 13.7. The van der Waals surface area contributed by atoms with E-state index in [-0.39, 0.29) is 0 Å². The third-order valence-corrected chi connectivity index (χ3v) is 24.3. The van der Waals surface area contributed by atoms with E-state index in [0.717, 1.165) is 17.1 Å². The highest BCUT2D eigenvalue weighted by Gasteiger charge is 2.49. The summed E-state index contributed by atoms with van der Waals surface area (Å²) in [7, 11) is -4.68. The van der Waals surface area contributed by atoms with E-state index < -0.39 is 16.1 Å². The Morgan fingerprint density at radius 3 is 1.46 bits per heavy atom. The van der Waals surface area contributed by atoms with Crippen LogP contribution < -0.4 is 36.0 Å². The van der Waals surface area contributed by atoms with Crippen LogP contribution in [0.5, 0.6) is 0 Å². The largest absolute Gasteiger partial charge is 0.310 e. The summed E-state index contributed by atoms with van der Waals surface area (Å²) in [6.45, 7) is 5.00. The first-order valence-electron chi connectivity index (χ1n) is 25.2. The minimum absolute atomic E-state index is 1.13. The monoisotopic (exact) mass is 950 g/mol. The summed E-state index contributed by atoms with van der Waals surface area (Å²) in [5, 5.41) is 11.2. The quantitative estimate of drug-likeness (QED) is 0.138. The summed E-state index contributed by atoms with van der Waals surface area (Å²) < 4.78 is 2.40. The number of nitrogens with zero attached hydrogens (tertiary/aromatic N) is 2. The van der Waals surface area contributed by atoms with Crippen LogP contribution >= 0.6 is 0 Å². The molecule has 0 saturated heterocycles. The molecular formula is C68H50N2Si2. The lowest BCUT2D eigenvalue weighted by Gasteiger charge is -2.32. The van der Waals surface area contributed by atoms with Gasteiger partial charge in [0.2, 0.25) is 0 Å². The zero-order valence-electron chi connectivity index (χ0n) is 40.3. The molecule has 0 unspecified atom stereocenters. The second kappa shape index (κ2) is 16.5. The van der Waals surface area contributed by atoms with Crippen molar-refractivity contribution in [2.45, 2.75) is 13.1 Å². The highest BCUT2D eigenvalue weighted by Crippen LogP contribution is 2.43. The van der Waals surface area contributed by atoms with Crippen molar-refractivity contribution in [3.8, 4) is 50.2 Å². The molecule has 0 fully saturated rings. The molecule has 3 heterocycles. The van der Waals surface area contributed by atoms with E-state index in [1.165, 1.54) is 103 Å². The fourth-order valence-electron chi connectivity index (χ4n) is 12.5. The van der Waals surface area contributed by atoms with Gasteiger partial charge in [0.15, 0.2) is 8.07 Å². The fraction of sp³-hybridized carbons (Fsp3) is 0.0294. The molecule has 0 N–H and O–H groups in total. The first-order valence-corrected chi connectivity index (χ1v) is 30.2. The maximum absolute atomic E-state index is 2.81. The third-order valence-electron chi connectivity index (χ3n) is 15.9. The second-order valence-corrected chi connectivity index (χ2v) is 28.1. The highest BCUT2D eigenvalue weighted by molar-refractivity contribution is 7.22. The number of fused-ring (bicyclic) bond motifs is 9. The molecule has 0 aliphatic carbocycles. The third kappa shape index (κ3) is 6.39. The van der Waals surface area contributed by atoms with Crippen LogP contribution in [0.1, 0.15) is 0 Å². The van der Waals surface area contributed by atoms with Gasteiger partial charge in [-0.3, -0.25) is 0 Å². The molecule has 2 aliphatic heterocycles. The topological polar surface area (TPSA) is 8.17 Å². The van der Waals surface area contributed by atoms with E-state index in [4.69, 9.17) is 0 Å². The average molecular weight is 951 g/mol. The molecule has 0 atom stereocenters. The Morgan fingerprint density at radius 1 is 0.306 bits per heavy atom. The van der Waals surface area contributed by atoms with Crippen molar-refractivity contribution in [1.29, 1.82) is 0 Å². The Morgan fingerprint density at radius 2 is 0.764 bits per heavy atom. The Balaban J connectivity index is 0.993. The molecule has 4 heteroatoms. The van der Waals surface area contributed by atoms with E-state index in [0.29, 0.717) is 0 Å². The molecule has 0 bridgehead atoms. The zero-order chi connectivity index (χ0) is 48.0. The summed E-state index contributed by atoms with van der Waals surface area (Å²) >= 11 is 0. The highest BCUT2D eigenvalue weighted by atomic mass is 28.3. The smallest absolute Gasteiger partial charge is 0.180 e. The lowest BCUT2D eigenvalue weighted by Crippen LogP contribution is -2.72. The number of aromatic nitrogens is 1. The van der Waals surface area contributed by atoms with Gasteiger partial charge in [-0.2, -0.15) is 0 Å². The van der Waals surface area contributed by atoms with Crippen molar-refractivity contribution >= 4 is 86.1 Å². The van der Waals surface area contributed by atoms with Gasteiger partial charge in [-0.05, 0) is 148 Å². The summed E-state index contributed by atoms with van der Waals surface area (Å²) in [4.78, 5) is 2.50. The molecule has 72 heavy (non-hydrogen) atoms. The van der Waals surface area contributed by atoms with Crippen LogP contribution in [0.25, 0.3) is 72.0 Å². The minimum atomic E-state index is -2.81. The lowest BCUT2D eigenvalue weighted by molar-refractivity contribution is 1.18. The van der Waals surface area contributed by atoms with E-state index in [1.54, 1.807) is 0 Å². The van der Waals surface area contributed by atoms with Crippen LogP contribution in [0.3, 0.4) is 0 Å². The number of para-hydroxylation sites is 2. The second-order valence-electron chi connectivity index (χ2n) is 20.0. The van der Waals surface area contributed by atoms with Gasteiger partial charge in [0.25, 0.3) is 0 Å². The molecule has 0 saturated carbocycles. The number of rotatable bonds is 8. The SMILES string of the molecule is C[Si]1(C)c2ccccc2-c2cc(N(c3ccc(-c4ccccc4)cc3)c3ccc4c(c3)-c3cc(-c5ccc6c(c5)c5ccccc5n6-c5ccccc5)ccc3[Si]4(c3ccccc3)c3ccccc3)ccc21. The molecule has 2 aliphatic rings. The summed E-state index contributed by atoms with van der Waals surface area (Å²) in [5.74, 6) is 0. The maximum Gasteiger partial charge on any atom is 0.180 e. The number of benzene rings is 11. The fourth-order valence-corrected chi connectivity index (χ4v) is 20.8. The van der Waals surface area contributed by atoms with E-state index in [2.05, 4.69) is 289 Å². The molecule has 2 nitrogen and oxygen atoms in total. The van der Waals surface area contributed by atoms with Crippen molar-refractivity contribution in [3.63, 3.8) is 0 Å². The van der Waals surface area contributed by atoms with Gasteiger partial charge in [0, 0.05) is 33.5 Å². The van der Waals surface area contributed by atoms with Crippen LogP contribution in [0, 0.1) is 0 Å². The van der Waals surface area contributed by atoms with Crippen molar-refractivity contribution < 1.29 is 0 Å². The van der Waals surface area contributed by atoms with E-state index >= 15 is 0 Å². The van der Waals surface area contributed by atoms with Crippen molar-refractivity contribution in [1.82, 2.24) is 4.57 Å². The Labute approximate surface area is 423 Å². The van der Waals surface area contributed by atoms with E-state index in [1.807, 2.05) is 0 Å². The van der Waals surface area contributed by atoms with Crippen LogP contribution in [0.4, 0.5) is 17.1 Å². The molecular weight excluding hydrogens is 901 g/mol. The van der Waals surface area contributed by atoms with Gasteiger partial charge >= 0.3 is 0 Å². The number of anilines is 3. The molecule has 0 amide bonds. The molecule has 340 valence electrons. The summed E-state index contributed by atoms with van der Waals surface area (Å²) in [5.41, 5.74) is 17.2. The molecule has 0 spiro atoms. The van der Waals surface area contributed by atoms with Crippen molar-refractivity contribution in [3.05, 3.63) is 267 Å². The van der Waals surface area contributed by atoms with Gasteiger partial charge in [-0.1, -0.05) is 207 Å². The van der Waals surface area contributed by atoms with Crippen LogP contribution in [0.2, 0.25) is 13.1 Å². The standard InChI is InChI=1S/C68H50N2Si2/c1-71(2)65-30-18-16-28-58(65)61-45-53(37-41-66(61)71)69(52-35-31-48(32-36-52)47-19-7-3-8-20-47)54-38-42-68-62(46-54)60-44-50(34-40-67(60)72(68,55-23-11-5-12-24-55)56-25-13-6-14-26-56)49-33-39-64-59(43-49)57-27-15-17-29-63(57)70(64)51-21-9-4-10-22-51/h3-46H,1-2H3. The molecule has 1 aromatic heterocycles. The van der Waals surface area contributed by atoms with Crippen LogP contribution in [-0.4, -0.2) is 20.7 Å². The van der Waals surface area contributed by atoms with Gasteiger partial charge in [-0.15, -0.1) is 0 Å². The first kappa shape index (κ1) is 42.3. The Bertz CT molecular complexity index is 4010. The van der Waals surface area contributed by atoms with E-state index in [9.17, 15) is 0 Å². The molecule has 11 aromatic carbocycles. The number of hydrogen-bond donors (Lipinski definition) is 0. The van der Waals surface area contributed by atoms with Crippen molar-refractivity contribution in [2.75, 3.05) is 4.90 Å². The lowest BCUT2D eigenvalue weighted by atomic mass is 9.97. The van der Waals surface area contributed by atoms with Crippen LogP contribution in [0.15, 0.2) is 267 Å². The van der Waals surface area contributed by atoms with Gasteiger partial charge in [0.1, 0.15) is 8.07 Å². The Kier molecular flexibility index (Phi) is 9.72. The van der Waals surface area contributed by atoms with Gasteiger partial charge < -0.3 is 9.47 Å². The predicted molar refractivity (Wildman–Crippen MR) is 311 cm³/mol. The number of hydrogen-bond acceptors (Lipinski definition) is 1. The normalized spacial score (nSPS) is 13.6. The Hall–Kier alpha value is -8.55. The maximum atomic E-state index is 2.51. The average Bonchev–Trinajstić information content (AvgIpc) is 4.02. The summed E-state index contributed by atoms with van der Waals surface area (Å²) in [6.07, 6.45) is 0. The minimum Gasteiger partial charge on any atom is -0.310 e. The van der Waals surface area contributed by atoms with Gasteiger partial charge in [0.05, 0.1) is 11.0 Å².